The lowest BCUT2D eigenvalue weighted by Crippen LogP contribution is -2.28. The van der Waals surface area contributed by atoms with Crippen molar-refractivity contribution >= 4 is 0 Å². The number of nitrogens with zero attached hydrogens (tertiary/aromatic N) is 1. The van der Waals surface area contributed by atoms with Crippen LogP contribution in [-0.4, -0.2) is 25.0 Å². The molecule has 2 rings (SSSR count). The fourth-order valence-corrected chi connectivity index (χ4v) is 2.52. The average molecular weight is 204 g/mol. The highest BCUT2D eigenvalue weighted by Gasteiger charge is 2.25. The number of hydrogen-bond donors (Lipinski definition) is 1. The van der Waals surface area contributed by atoms with E-state index in [2.05, 4.69) is 37.1 Å². The normalized spacial score (nSPS) is 19.6. The number of fused-ring (bicyclic) bond motifs is 1. The number of aryl methyl sites for hydroxylation is 2. The Balaban J connectivity index is 2.23. The lowest BCUT2D eigenvalue weighted by molar-refractivity contribution is 0.251. The van der Waals surface area contributed by atoms with E-state index in [1.54, 1.807) is 0 Å². The molecule has 1 aliphatic carbocycles. The predicted molar refractivity (Wildman–Crippen MR) is 63.9 cm³/mol. The molecule has 15 heavy (non-hydrogen) atoms. The quantitative estimate of drug-likeness (QED) is 0.814. The van der Waals surface area contributed by atoms with Crippen molar-refractivity contribution in [3.63, 3.8) is 0 Å². The summed E-state index contributed by atoms with van der Waals surface area (Å²) in [7, 11) is 2.18. The number of benzene rings is 1. The summed E-state index contributed by atoms with van der Waals surface area (Å²) in [6.45, 7) is 3.89. The minimum Gasteiger partial charge on any atom is -0.329 e. The minimum atomic E-state index is 0.587. The van der Waals surface area contributed by atoms with Gasteiger partial charge >= 0.3 is 0 Å². The van der Waals surface area contributed by atoms with Gasteiger partial charge in [-0.05, 0) is 37.9 Å². The van der Waals surface area contributed by atoms with Gasteiger partial charge in [-0.1, -0.05) is 23.8 Å². The first-order valence-electron chi connectivity index (χ1n) is 5.72. The summed E-state index contributed by atoms with van der Waals surface area (Å²) in [5.74, 6) is 0. The van der Waals surface area contributed by atoms with Gasteiger partial charge in [0.15, 0.2) is 0 Å². The molecule has 0 bridgehead atoms. The third-order valence-corrected chi connectivity index (χ3v) is 3.36. The number of hydrogen-bond acceptors (Lipinski definition) is 2. The van der Waals surface area contributed by atoms with E-state index in [0.717, 1.165) is 13.1 Å². The van der Waals surface area contributed by atoms with Crippen molar-refractivity contribution in [2.75, 3.05) is 20.1 Å². The van der Waals surface area contributed by atoms with Crippen molar-refractivity contribution in [1.29, 1.82) is 0 Å². The highest BCUT2D eigenvalue weighted by molar-refractivity contribution is 5.37. The molecule has 0 radical (unpaired) electrons. The maximum atomic E-state index is 5.61. The predicted octanol–water partition coefficient (Wildman–Crippen LogP) is 1.87. The molecule has 1 aromatic carbocycles. The summed E-state index contributed by atoms with van der Waals surface area (Å²) in [5, 5.41) is 0. The fraction of sp³-hybridized carbons (Fsp3) is 0.538. The van der Waals surface area contributed by atoms with Crippen molar-refractivity contribution in [3.05, 3.63) is 34.9 Å². The Morgan fingerprint density at radius 1 is 1.47 bits per heavy atom. The second-order valence-electron chi connectivity index (χ2n) is 4.53. The van der Waals surface area contributed by atoms with Crippen LogP contribution >= 0.6 is 0 Å². The van der Waals surface area contributed by atoms with Gasteiger partial charge in [0.05, 0.1) is 0 Å². The first-order chi connectivity index (χ1) is 7.22. The van der Waals surface area contributed by atoms with Crippen molar-refractivity contribution in [3.8, 4) is 0 Å². The molecule has 1 unspecified atom stereocenters. The second-order valence-corrected chi connectivity index (χ2v) is 4.53. The van der Waals surface area contributed by atoms with E-state index >= 15 is 0 Å². The van der Waals surface area contributed by atoms with Gasteiger partial charge in [-0.15, -0.1) is 0 Å². The van der Waals surface area contributed by atoms with Crippen LogP contribution in [0.1, 0.15) is 29.2 Å². The van der Waals surface area contributed by atoms with Gasteiger partial charge in [0, 0.05) is 19.1 Å². The summed E-state index contributed by atoms with van der Waals surface area (Å²) >= 11 is 0. The van der Waals surface area contributed by atoms with E-state index in [-0.39, 0.29) is 0 Å². The molecule has 2 N–H and O–H groups in total. The van der Waals surface area contributed by atoms with E-state index in [0.29, 0.717) is 6.04 Å². The van der Waals surface area contributed by atoms with Gasteiger partial charge < -0.3 is 5.73 Å². The Hall–Kier alpha value is -0.860. The summed E-state index contributed by atoms with van der Waals surface area (Å²) in [6, 6.07) is 7.41. The summed E-state index contributed by atoms with van der Waals surface area (Å²) < 4.78 is 0. The largest absolute Gasteiger partial charge is 0.329 e. The molecule has 0 fully saturated rings. The van der Waals surface area contributed by atoms with Crippen LogP contribution in [0.5, 0.6) is 0 Å². The molecule has 0 saturated heterocycles. The van der Waals surface area contributed by atoms with Crippen LogP contribution in [0.2, 0.25) is 0 Å². The van der Waals surface area contributed by atoms with Crippen molar-refractivity contribution in [1.82, 2.24) is 4.90 Å². The molecule has 82 valence electrons. The van der Waals surface area contributed by atoms with Crippen molar-refractivity contribution in [2.45, 2.75) is 25.8 Å². The standard InChI is InChI=1S/C13H20N2/c1-10-3-4-11-5-6-13(12(11)9-10)15(2)8-7-14/h3-4,9,13H,5-8,14H2,1-2H3. The minimum absolute atomic E-state index is 0.587. The van der Waals surface area contributed by atoms with Gasteiger partial charge in [0.2, 0.25) is 0 Å². The van der Waals surface area contributed by atoms with Crippen LogP contribution in [0, 0.1) is 6.92 Å². The zero-order valence-corrected chi connectivity index (χ0v) is 9.66. The summed E-state index contributed by atoms with van der Waals surface area (Å²) in [5.41, 5.74) is 10.0. The van der Waals surface area contributed by atoms with E-state index in [9.17, 15) is 0 Å². The summed E-state index contributed by atoms with van der Waals surface area (Å²) in [4.78, 5) is 2.38. The molecule has 0 aromatic heterocycles. The Morgan fingerprint density at radius 3 is 3.00 bits per heavy atom. The van der Waals surface area contributed by atoms with Crippen LogP contribution < -0.4 is 5.73 Å². The molecule has 1 aromatic rings. The number of nitrogens with two attached hydrogens (primary N) is 1. The van der Waals surface area contributed by atoms with Crippen molar-refractivity contribution < 1.29 is 0 Å². The molecular weight excluding hydrogens is 184 g/mol. The maximum absolute atomic E-state index is 5.61. The van der Waals surface area contributed by atoms with Gasteiger partial charge in [-0.25, -0.2) is 0 Å². The zero-order chi connectivity index (χ0) is 10.8. The summed E-state index contributed by atoms with van der Waals surface area (Å²) in [6.07, 6.45) is 2.46. The van der Waals surface area contributed by atoms with Gasteiger partial charge in [0.25, 0.3) is 0 Å². The van der Waals surface area contributed by atoms with E-state index in [1.807, 2.05) is 0 Å². The van der Waals surface area contributed by atoms with Crippen LogP contribution in [-0.2, 0) is 6.42 Å². The van der Waals surface area contributed by atoms with Crippen molar-refractivity contribution in [2.24, 2.45) is 5.73 Å². The third kappa shape index (κ3) is 2.06. The first-order valence-corrected chi connectivity index (χ1v) is 5.72. The highest BCUT2D eigenvalue weighted by Crippen LogP contribution is 2.35. The zero-order valence-electron chi connectivity index (χ0n) is 9.66. The molecule has 0 spiro atoms. The maximum Gasteiger partial charge on any atom is 0.0351 e. The Kier molecular flexibility index (Phi) is 3.08. The lowest BCUT2D eigenvalue weighted by Gasteiger charge is -2.24. The Morgan fingerprint density at radius 2 is 2.27 bits per heavy atom. The highest BCUT2D eigenvalue weighted by atomic mass is 15.1. The molecular formula is C13H20N2. The van der Waals surface area contributed by atoms with Crippen LogP contribution in [0.25, 0.3) is 0 Å². The smallest absolute Gasteiger partial charge is 0.0351 e. The topological polar surface area (TPSA) is 29.3 Å². The third-order valence-electron chi connectivity index (χ3n) is 3.36. The SMILES string of the molecule is Cc1ccc2c(c1)C(N(C)CCN)CC2. The average Bonchev–Trinajstić information content (AvgIpc) is 2.60. The van der Waals surface area contributed by atoms with E-state index in [4.69, 9.17) is 5.73 Å². The molecule has 0 heterocycles. The molecule has 0 saturated carbocycles. The molecule has 1 atom stereocenters. The molecule has 1 aliphatic rings. The fourth-order valence-electron chi connectivity index (χ4n) is 2.52. The molecule has 2 heteroatoms. The first kappa shape index (κ1) is 10.7. The molecule has 0 aliphatic heterocycles. The molecule has 0 amide bonds. The Bertz CT molecular complexity index is 346. The molecule has 2 nitrogen and oxygen atoms in total. The van der Waals surface area contributed by atoms with Crippen LogP contribution in [0.3, 0.4) is 0 Å². The van der Waals surface area contributed by atoms with Gasteiger partial charge in [-0.3, -0.25) is 4.90 Å². The van der Waals surface area contributed by atoms with Crippen LogP contribution in [0.15, 0.2) is 18.2 Å². The van der Waals surface area contributed by atoms with E-state index < -0.39 is 0 Å². The Labute approximate surface area is 92.1 Å². The monoisotopic (exact) mass is 204 g/mol. The van der Waals surface area contributed by atoms with Crippen LogP contribution in [0.4, 0.5) is 0 Å². The van der Waals surface area contributed by atoms with Gasteiger partial charge in [-0.2, -0.15) is 0 Å². The number of rotatable bonds is 3. The lowest BCUT2D eigenvalue weighted by atomic mass is 10.0. The number of likely N-dealkylation sites (N-methyl/N-ethyl adjacent to an activating group) is 1. The van der Waals surface area contributed by atoms with Gasteiger partial charge in [0.1, 0.15) is 0 Å². The second kappa shape index (κ2) is 4.33. The van der Waals surface area contributed by atoms with E-state index in [1.165, 1.54) is 29.5 Å².